The molecule has 2 N–H and O–H groups in total. The molecule has 0 heterocycles. The maximum absolute atomic E-state index is 13.5. The largest absolute Gasteiger partial charge is 0.472 e. The van der Waals surface area contributed by atoms with Crippen molar-refractivity contribution in [1.29, 1.82) is 0 Å². The van der Waals surface area contributed by atoms with Crippen LogP contribution < -0.4 is 5.32 Å². The Labute approximate surface area is 434 Å². The van der Waals surface area contributed by atoms with E-state index in [-0.39, 0.29) is 25.1 Å². The zero-order chi connectivity index (χ0) is 51.5. The molecule has 0 rings (SSSR count). The van der Waals surface area contributed by atoms with Gasteiger partial charge in [-0.1, -0.05) is 251 Å². The van der Waals surface area contributed by atoms with Gasteiger partial charge in [-0.25, -0.2) is 4.57 Å². The second-order valence-corrected chi connectivity index (χ2v) is 23.3. The van der Waals surface area contributed by atoms with Gasteiger partial charge in [0, 0.05) is 12.8 Å². The van der Waals surface area contributed by atoms with E-state index in [0.717, 1.165) is 57.8 Å². The van der Waals surface area contributed by atoms with Gasteiger partial charge in [0.05, 0.1) is 33.8 Å². The molecule has 0 aromatic rings. The van der Waals surface area contributed by atoms with E-state index in [9.17, 15) is 19.0 Å². The minimum absolute atomic E-state index is 0.0430. The maximum atomic E-state index is 13.5. The third-order valence-corrected chi connectivity index (χ3v) is 14.6. The van der Waals surface area contributed by atoms with E-state index >= 15 is 0 Å². The van der Waals surface area contributed by atoms with Crippen molar-refractivity contribution in [3.8, 4) is 0 Å². The molecule has 0 saturated carbocycles. The number of nitrogens with one attached hydrogen (secondary N) is 1. The van der Waals surface area contributed by atoms with Crippen molar-refractivity contribution in [1.82, 2.24) is 5.32 Å². The van der Waals surface area contributed by atoms with E-state index < -0.39 is 20.0 Å². The Morgan fingerprint density at radius 3 is 1.23 bits per heavy atom. The molecule has 3 unspecified atom stereocenters. The molecule has 0 bridgehead atoms. The highest BCUT2D eigenvalue weighted by Gasteiger charge is 2.30. The van der Waals surface area contributed by atoms with E-state index in [1.807, 2.05) is 33.3 Å². The summed E-state index contributed by atoms with van der Waals surface area (Å²) in [5.74, 6) is -0.496. The fourth-order valence-electron chi connectivity index (χ4n) is 8.94. The lowest BCUT2D eigenvalue weighted by molar-refractivity contribution is -0.870. The van der Waals surface area contributed by atoms with Crippen LogP contribution in [0.3, 0.4) is 0 Å². The van der Waals surface area contributed by atoms with Crippen molar-refractivity contribution >= 4 is 19.7 Å². The number of ether oxygens (including phenoxy) is 1. The number of unbranched alkanes of at least 4 members (excludes halogenated alkanes) is 37. The molecule has 0 aliphatic carbocycles. The van der Waals surface area contributed by atoms with Crippen LogP contribution in [-0.4, -0.2) is 74.3 Å². The van der Waals surface area contributed by atoms with Gasteiger partial charge in [0.15, 0.2) is 0 Å². The van der Waals surface area contributed by atoms with Gasteiger partial charge in [0.1, 0.15) is 19.3 Å². The van der Waals surface area contributed by atoms with Crippen molar-refractivity contribution in [2.24, 2.45) is 0 Å². The number of amides is 1. The lowest BCUT2D eigenvalue weighted by atomic mass is 10.0. The molecule has 0 aromatic heterocycles. The minimum atomic E-state index is -4.44. The van der Waals surface area contributed by atoms with Crippen molar-refractivity contribution in [2.45, 2.75) is 309 Å². The summed E-state index contributed by atoms with van der Waals surface area (Å²) < 4.78 is 30.7. The number of allylic oxidation sites excluding steroid dienone is 3. The lowest BCUT2D eigenvalue weighted by Gasteiger charge is -2.27. The third kappa shape index (κ3) is 51.4. The average Bonchev–Trinajstić information content (AvgIpc) is 3.32. The number of likely N-dealkylation sites (N-methyl/N-ethyl adjacent to an activating group) is 1. The SMILES string of the molecule is CCCCCC/C=C\CCCCCCCCCC(=O)OC(/C=C/CCCCCCCCCCCC)C(COP(=O)(O)OCC[N+](C)(C)C)NC(=O)CCCCCCCCCCCCCCCCCCC. The second kappa shape index (κ2) is 51.0. The Balaban J connectivity index is 5.27. The summed E-state index contributed by atoms with van der Waals surface area (Å²) in [4.78, 5) is 37.6. The summed E-state index contributed by atoms with van der Waals surface area (Å²) in [5.41, 5.74) is 0. The van der Waals surface area contributed by atoms with E-state index in [4.69, 9.17) is 13.8 Å². The number of nitrogens with zero attached hydrogens (tertiary/aromatic N) is 1. The average molecular weight is 1010 g/mol. The molecular weight excluding hydrogens is 892 g/mol. The molecule has 414 valence electrons. The molecule has 0 saturated heterocycles. The first-order valence-electron chi connectivity index (χ1n) is 30.2. The molecule has 9 nitrogen and oxygen atoms in total. The van der Waals surface area contributed by atoms with Crippen molar-refractivity contribution in [2.75, 3.05) is 40.9 Å². The molecule has 70 heavy (non-hydrogen) atoms. The van der Waals surface area contributed by atoms with Crippen LogP contribution in [0.2, 0.25) is 0 Å². The fourth-order valence-corrected chi connectivity index (χ4v) is 9.67. The number of hydrogen-bond acceptors (Lipinski definition) is 6. The topological polar surface area (TPSA) is 111 Å². The zero-order valence-corrected chi connectivity index (χ0v) is 48.2. The molecule has 1 amide bonds. The van der Waals surface area contributed by atoms with Crippen LogP contribution >= 0.6 is 7.82 Å². The first-order valence-corrected chi connectivity index (χ1v) is 31.7. The van der Waals surface area contributed by atoms with Crippen LogP contribution in [0.5, 0.6) is 0 Å². The summed E-state index contributed by atoms with van der Waals surface area (Å²) in [5, 5.41) is 3.06. The number of carbonyl (C=O) groups excluding carboxylic acids is 2. The Kier molecular flexibility index (Phi) is 49.9. The Bertz CT molecular complexity index is 1250. The Hall–Kier alpha value is -1.51. The normalized spacial score (nSPS) is 13.9. The van der Waals surface area contributed by atoms with E-state index in [1.165, 1.54) is 205 Å². The molecule has 0 aromatic carbocycles. The van der Waals surface area contributed by atoms with E-state index in [1.54, 1.807) is 0 Å². The molecule has 0 fully saturated rings. The van der Waals surface area contributed by atoms with Gasteiger partial charge in [-0.3, -0.25) is 18.6 Å². The highest BCUT2D eigenvalue weighted by Crippen LogP contribution is 2.43. The first kappa shape index (κ1) is 68.5. The van der Waals surface area contributed by atoms with E-state index in [0.29, 0.717) is 23.9 Å². The van der Waals surface area contributed by atoms with Crippen LogP contribution in [0.15, 0.2) is 24.3 Å². The number of quaternary nitrogens is 1. The summed E-state index contributed by atoms with van der Waals surface area (Å²) in [6.45, 7) is 7.03. The van der Waals surface area contributed by atoms with Gasteiger partial charge in [-0.15, -0.1) is 0 Å². The maximum Gasteiger partial charge on any atom is 0.472 e. The van der Waals surface area contributed by atoms with Crippen LogP contribution in [0.1, 0.15) is 297 Å². The molecule has 3 atom stereocenters. The summed E-state index contributed by atoms with van der Waals surface area (Å²) >= 11 is 0. The molecule has 0 spiro atoms. The molecular formula is C60H118N2O7P+. The lowest BCUT2D eigenvalue weighted by Crippen LogP contribution is -2.47. The van der Waals surface area contributed by atoms with Crippen LogP contribution in [-0.2, 0) is 27.9 Å². The molecule has 0 radical (unpaired) electrons. The summed E-state index contributed by atoms with van der Waals surface area (Å²) in [6, 6.07) is -0.843. The fraction of sp³-hybridized carbons (Fsp3) is 0.900. The monoisotopic (exact) mass is 1010 g/mol. The predicted molar refractivity (Wildman–Crippen MR) is 300 cm³/mol. The van der Waals surface area contributed by atoms with Crippen LogP contribution in [0.25, 0.3) is 0 Å². The number of hydrogen-bond donors (Lipinski definition) is 2. The predicted octanol–water partition coefficient (Wildman–Crippen LogP) is 18.2. The number of phosphoric acid groups is 1. The van der Waals surface area contributed by atoms with Gasteiger partial charge in [0.2, 0.25) is 5.91 Å². The second-order valence-electron chi connectivity index (χ2n) is 21.9. The smallest absolute Gasteiger partial charge is 0.456 e. The summed E-state index contributed by atoms with van der Waals surface area (Å²) in [7, 11) is 1.51. The highest BCUT2D eigenvalue weighted by molar-refractivity contribution is 7.47. The van der Waals surface area contributed by atoms with Gasteiger partial charge in [-0.2, -0.15) is 0 Å². The quantitative estimate of drug-likeness (QED) is 0.0205. The van der Waals surface area contributed by atoms with Crippen LogP contribution in [0, 0.1) is 0 Å². The molecule has 10 heteroatoms. The number of esters is 1. The Morgan fingerprint density at radius 1 is 0.486 bits per heavy atom. The Morgan fingerprint density at radius 2 is 0.829 bits per heavy atom. The van der Waals surface area contributed by atoms with E-state index in [2.05, 4.69) is 38.2 Å². The number of rotatable bonds is 55. The van der Waals surface area contributed by atoms with Crippen molar-refractivity contribution in [3.05, 3.63) is 24.3 Å². The minimum Gasteiger partial charge on any atom is -0.456 e. The standard InChI is InChI=1S/C60H117N2O7P/c1-7-10-13-16-19-22-25-28-30-31-33-34-37-40-43-46-49-52-59(63)61-57(56-68-70(65,66)67-55-54-62(4,5)6)58(51-48-45-42-39-36-27-24-21-18-15-12-9-3)69-60(64)53-50-47-44-41-38-35-32-29-26-23-20-17-14-11-8-2/h23,26,48,51,57-58H,7-22,24-25,27-47,49-50,52-56H2,1-6H3,(H-,61,63,65,66)/p+1/b26-23-,51-48+. The van der Waals surface area contributed by atoms with Gasteiger partial charge < -0.3 is 19.4 Å². The van der Waals surface area contributed by atoms with Crippen LogP contribution in [0.4, 0.5) is 0 Å². The van der Waals surface area contributed by atoms with Crippen molar-refractivity contribution < 1.29 is 37.3 Å². The number of phosphoric ester groups is 1. The van der Waals surface area contributed by atoms with Gasteiger partial charge >= 0.3 is 13.8 Å². The van der Waals surface area contributed by atoms with Gasteiger partial charge in [0.25, 0.3) is 0 Å². The number of carbonyl (C=O) groups is 2. The van der Waals surface area contributed by atoms with Gasteiger partial charge in [-0.05, 0) is 57.4 Å². The third-order valence-electron chi connectivity index (χ3n) is 13.6. The molecule has 0 aliphatic heterocycles. The summed E-state index contributed by atoms with van der Waals surface area (Å²) in [6.07, 6.45) is 58.8. The molecule has 0 aliphatic rings. The van der Waals surface area contributed by atoms with Crippen molar-refractivity contribution in [3.63, 3.8) is 0 Å². The highest BCUT2D eigenvalue weighted by atomic mass is 31.2. The first-order chi connectivity index (χ1) is 33.9. The zero-order valence-electron chi connectivity index (χ0n) is 47.3.